The van der Waals surface area contributed by atoms with Crippen molar-refractivity contribution in [1.29, 1.82) is 5.26 Å². The Kier molecular flexibility index (Phi) is 5.43. The first-order valence-electron chi connectivity index (χ1n) is 6.37. The third kappa shape index (κ3) is 3.37. The highest BCUT2D eigenvalue weighted by atomic mass is 32.2. The Morgan fingerprint density at radius 2 is 2.22 bits per heavy atom. The zero-order valence-corrected chi connectivity index (χ0v) is 12.1. The number of nitriles is 1. The fourth-order valence-corrected chi connectivity index (χ4v) is 3.27. The second kappa shape index (κ2) is 6.40. The van der Waals surface area contributed by atoms with E-state index in [1.165, 1.54) is 0 Å². The fraction of sp³-hybridized carbons (Fsp3) is 0.714. The molecule has 0 amide bonds. The van der Waals surface area contributed by atoms with Crippen molar-refractivity contribution in [3.05, 3.63) is 11.0 Å². The lowest BCUT2D eigenvalue weighted by Gasteiger charge is -1.99. The van der Waals surface area contributed by atoms with Crippen molar-refractivity contribution < 1.29 is 9.90 Å². The van der Waals surface area contributed by atoms with Crippen molar-refractivity contribution in [2.24, 2.45) is 17.3 Å². The highest BCUT2D eigenvalue weighted by molar-refractivity contribution is 8.03. The summed E-state index contributed by atoms with van der Waals surface area (Å²) in [6, 6.07) is 2.20. The van der Waals surface area contributed by atoms with Crippen LogP contribution in [0.3, 0.4) is 0 Å². The minimum atomic E-state index is -0.400. The molecule has 1 saturated carbocycles. The molecular formula is C14H21NO2S. The van der Waals surface area contributed by atoms with Gasteiger partial charge in [0.25, 0.3) is 0 Å². The first-order chi connectivity index (χ1) is 8.48. The molecule has 1 N–H and O–H groups in total. The molecule has 0 unspecified atom stereocenters. The van der Waals surface area contributed by atoms with Crippen LogP contribution >= 0.6 is 11.8 Å². The largest absolute Gasteiger partial charge is 0.389 e. The topological polar surface area (TPSA) is 61.1 Å². The maximum absolute atomic E-state index is 11.6. The first kappa shape index (κ1) is 15.3. The third-order valence-corrected chi connectivity index (χ3v) is 4.64. The lowest BCUT2D eigenvalue weighted by molar-refractivity contribution is -0.123. The number of Topliss-reactive ketones (excluding diaryl/α,β-unsaturated/α-hetero) is 1. The Morgan fingerprint density at radius 3 is 2.72 bits per heavy atom. The van der Waals surface area contributed by atoms with Gasteiger partial charge in [0.15, 0.2) is 5.78 Å². The van der Waals surface area contributed by atoms with Crippen LogP contribution in [0.5, 0.6) is 0 Å². The summed E-state index contributed by atoms with van der Waals surface area (Å²) < 4.78 is 0. The number of allylic oxidation sites excluding steroid dienone is 2. The summed E-state index contributed by atoms with van der Waals surface area (Å²) in [6.07, 6.45) is 4.13. The van der Waals surface area contributed by atoms with Gasteiger partial charge in [-0.05, 0) is 23.5 Å². The van der Waals surface area contributed by atoms with Crippen molar-refractivity contribution in [3.8, 4) is 6.07 Å². The average Bonchev–Trinajstić information content (AvgIpc) is 2.88. The lowest BCUT2D eigenvalue weighted by Crippen LogP contribution is -2.10. The van der Waals surface area contributed by atoms with Crippen LogP contribution in [-0.2, 0) is 4.79 Å². The quantitative estimate of drug-likeness (QED) is 0.569. The molecule has 100 valence electrons. The van der Waals surface area contributed by atoms with Crippen LogP contribution in [0.4, 0.5) is 0 Å². The molecule has 4 heteroatoms. The number of ketones is 1. The molecule has 3 nitrogen and oxygen atoms in total. The van der Waals surface area contributed by atoms with Gasteiger partial charge >= 0.3 is 0 Å². The average molecular weight is 267 g/mol. The standard InChI is InChI=1S/C14H21NO2S/c1-4-5-6-18-10(8-15)7-11-13(12(17)9-16)14(11,2)3/h7,11,13,16H,4-6,9H2,1-3H3/t11-,13+/m1/s1. The van der Waals surface area contributed by atoms with Gasteiger partial charge in [0.2, 0.25) is 0 Å². The normalized spacial score (nSPS) is 25.6. The minimum absolute atomic E-state index is 0.0981. The van der Waals surface area contributed by atoms with Crippen LogP contribution in [0.2, 0.25) is 0 Å². The number of carbonyl (C=O) groups is 1. The molecule has 1 aliphatic rings. The van der Waals surface area contributed by atoms with E-state index in [4.69, 9.17) is 10.4 Å². The van der Waals surface area contributed by atoms with E-state index in [0.29, 0.717) is 4.91 Å². The summed E-state index contributed by atoms with van der Waals surface area (Å²) in [4.78, 5) is 12.3. The number of carbonyl (C=O) groups excluding carboxylic acids is 1. The van der Waals surface area contributed by atoms with Crippen LogP contribution in [0.25, 0.3) is 0 Å². The minimum Gasteiger partial charge on any atom is -0.389 e. The molecule has 0 heterocycles. The summed E-state index contributed by atoms with van der Waals surface area (Å²) >= 11 is 1.56. The number of hydrogen-bond acceptors (Lipinski definition) is 4. The van der Waals surface area contributed by atoms with Crippen molar-refractivity contribution in [2.45, 2.75) is 33.6 Å². The van der Waals surface area contributed by atoms with Crippen molar-refractivity contribution in [2.75, 3.05) is 12.4 Å². The number of hydrogen-bond donors (Lipinski definition) is 1. The van der Waals surface area contributed by atoms with Gasteiger partial charge in [0, 0.05) is 5.92 Å². The first-order valence-corrected chi connectivity index (χ1v) is 7.35. The molecule has 0 bridgehead atoms. The van der Waals surface area contributed by atoms with Gasteiger partial charge in [-0.2, -0.15) is 5.26 Å². The van der Waals surface area contributed by atoms with Gasteiger partial charge in [0.05, 0.1) is 4.91 Å². The van der Waals surface area contributed by atoms with Gasteiger partial charge in [-0.25, -0.2) is 0 Å². The van der Waals surface area contributed by atoms with Crippen LogP contribution in [0.15, 0.2) is 11.0 Å². The Morgan fingerprint density at radius 1 is 1.56 bits per heavy atom. The number of rotatable bonds is 7. The second-order valence-corrected chi connectivity index (χ2v) is 6.43. The van der Waals surface area contributed by atoms with Gasteiger partial charge in [-0.15, -0.1) is 11.8 Å². The van der Waals surface area contributed by atoms with Crippen LogP contribution in [0, 0.1) is 28.6 Å². The van der Waals surface area contributed by atoms with E-state index in [-0.39, 0.29) is 23.0 Å². The maximum Gasteiger partial charge on any atom is 0.162 e. The molecule has 1 fully saturated rings. The summed E-state index contributed by atoms with van der Waals surface area (Å²) in [5.74, 6) is 0.803. The number of aliphatic hydroxyl groups is 1. The van der Waals surface area contributed by atoms with Gasteiger partial charge < -0.3 is 5.11 Å². The van der Waals surface area contributed by atoms with Crippen molar-refractivity contribution in [3.63, 3.8) is 0 Å². The predicted octanol–water partition coefficient (Wildman–Crippen LogP) is 2.76. The van der Waals surface area contributed by atoms with Crippen LogP contribution in [-0.4, -0.2) is 23.2 Å². The van der Waals surface area contributed by atoms with E-state index in [1.807, 2.05) is 19.9 Å². The number of aliphatic hydroxyl groups excluding tert-OH is 1. The predicted molar refractivity (Wildman–Crippen MR) is 73.9 cm³/mol. The Labute approximate surface area is 113 Å². The monoisotopic (exact) mass is 267 g/mol. The van der Waals surface area contributed by atoms with Gasteiger partial charge in [-0.1, -0.05) is 33.3 Å². The number of thioether (sulfide) groups is 1. The van der Waals surface area contributed by atoms with E-state index in [1.54, 1.807) is 11.8 Å². The van der Waals surface area contributed by atoms with E-state index in [2.05, 4.69) is 13.0 Å². The molecule has 18 heavy (non-hydrogen) atoms. The molecule has 0 saturated heterocycles. The van der Waals surface area contributed by atoms with E-state index >= 15 is 0 Å². The Bertz CT molecular complexity index is 382. The molecule has 1 aliphatic carbocycles. The summed E-state index contributed by atoms with van der Waals surface area (Å²) in [6.45, 7) is 5.75. The van der Waals surface area contributed by atoms with E-state index < -0.39 is 6.61 Å². The van der Waals surface area contributed by atoms with E-state index in [0.717, 1.165) is 18.6 Å². The zero-order chi connectivity index (χ0) is 13.8. The Hall–Kier alpha value is -0.790. The highest BCUT2D eigenvalue weighted by Crippen LogP contribution is 2.59. The number of unbranched alkanes of at least 4 members (excludes halogenated alkanes) is 1. The molecule has 0 radical (unpaired) electrons. The second-order valence-electron chi connectivity index (χ2n) is 5.29. The molecular weight excluding hydrogens is 246 g/mol. The van der Waals surface area contributed by atoms with Gasteiger partial charge in [-0.3, -0.25) is 4.79 Å². The third-order valence-electron chi connectivity index (χ3n) is 3.61. The van der Waals surface area contributed by atoms with Crippen LogP contribution < -0.4 is 0 Å². The number of nitrogens with zero attached hydrogens (tertiary/aromatic N) is 1. The maximum atomic E-state index is 11.6. The molecule has 0 aliphatic heterocycles. The molecule has 0 aromatic carbocycles. The summed E-state index contributed by atoms with van der Waals surface area (Å²) in [5, 5.41) is 18.0. The van der Waals surface area contributed by atoms with Crippen molar-refractivity contribution in [1.82, 2.24) is 0 Å². The molecule has 0 spiro atoms. The van der Waals surface area contributed by atoms with E-state index in [9.17, 15) is 4.79 Å². The van der Waals surface area contributed by atoms with Crippen molar-refractivity contribution >= 4 is 17.5 Å². The summed E-state index contributed by atoms with van der Waals surface area (Å²) in [7, 11) is 0. The lowest BCUT2D eigenvalue weighted by atomic mass is 10.1. The molecule has 0 aromatic rings. The zero-order valence-electron chi connectivity index (χ0n) is 11.3. The fourth-order valence-electron chi connectivity index (χ4n) is 2.31. The Balaban J connectivity index is 2.65. The summed E-state index contributed by atoms with van der Waals surface area (Å²) in [5.41, 5.74) is -0.118. The molecule has 1 rings (SSSR count). The smallest absolute Gasteiger partial charge is 0.162 e. The van der Waals surface area contributed by atoms with Gasteiger partial charge in [0.1, 0.15) is 12.7 Å². The van der Waals surface area contributed by atoms with Crippen LogP contribution in [0.1, 0.15) is 33.6 Å². The molecule has 2 atom stereocenters. The SMILES string of the molecule is CCCCSC(C#N)=C[C@@H]1[C@@H](C(=O)CO)C1(C)C. The highest BCUT2D eigenvalue weighted by Gasteiger charge is 2.59. The molecule has 0 aromatic heterocycles.